The SMILES string of the molecule is N#CC1=COC2=CC=COC2=C1. The van der Waals surface area contributed by atoms with Gasteiger partial charge < -0.3 is 9.47 Å². The van der Waals surface area contributed by atoms with Crippen LogP contribution in [-0.4, -0.2) is 0 Å². The first-order valence-electron chi connectivity index (χ1n) is 3.42. The maximum atomic E-state index is 8.55. The number of hydrogen-bond donors (Lipinski definition) is 0. The van der Waals surface area contributed by atoms with E-state index in [1.807, 2.05) is 6.07 Å². The van der Waals surface area contributed by atoms with Crippen molar-refractivity contribution in [3.8, 4) is 6.07 Å². The topological polar surface area (TPSA) is 42.2 Å². The number of rotatable bonds is 0. The minimum absolute atomic E-state index is 0.456. The number of allylic oxidation sites excluding steroid dienone is 4. The molecule has 0 amide bonds. The highest BCUT2D eigenvalue weighted by molar-refractivity contribution is 5.43. The first-order valence-corrected chi connectivity index (χ1v) is 3.42. The predicted octanol–water partition coefficient (Wildman–Crippen LogP) is 1.74. The molecule has 2 aliphatic heterocycles. The van der Waals surface area contributed by atoms with Crippen LogP contribution in [0.5, 0.6) is 0 Å². The van der Waals surface area contributed by atoms with Crippen LogP contribution >= 0.6 is 0 Å². The lowest BCUT2D eigenvalue weighted by molar-refractivity contribution is 0.262. The van der Waals surface area contributed by atoms with Crippen molar-refractivity contribution in [3.63, 3.8) is 0 Å². The molecule has 0 saturated heterocycles. The lowest BCUT2D eigenvalue weighted by Gasteiger charge is -2.15. The second-order valence-electron chi connectivity index (χ2n) is 2.29. The van der Waals surface area contributed by atoms with Crippen LogP contribution in [-0.2, 0) is 9.47 Å². The fraction of sp³-hybridized carbons (Fsp3) is 0. The van der Waals surface area contributed by atoms with E-state index in [2.05, 4.69) is 0 Å². The predicted molar refractivity (Wildman–Crippen MR) is 41.2 cm³/mol. The zero-order valence-corrected chi connectivity index (χ0v) is 6.15. The lowest BCUT2D eigenvalue weighted by Crippen LogP contribution is -2.02. The highest BCUT2D eigenvalue weighted by Gasteiger charge is 2.14. The molecule has 0 aromatic carbocycles. The molecule has 0 atom stereocenters. The fourth-order valence-electron chi connectivity index (χ4n) is 0.943. The van der Waals surface area contributed by atoms with Gasteiger partial charge in [0.1, 0.15) is 12.3 Å². The number of hydrogen-bond acceptors (Lipinski definition) is 3. The van der Waals surface area contributed by atoms with Crippen LogP contribution in [0.15, 0.2) is 47.8 Å². The van der Waals surface area contributed by atoms with E-state index in [1.165, 1.54) is 6.26 Å². The van der Waals surface area contributed by atoms with E-state index in [-0.39, 0.29) is 0 Å². The molecule has 3 nitrogen and oxygen atoms in total. The van der Waals surface area contributed by atoms with Crippen molar-refractivity contribution in [2.45, 2.75) is 0 Å². The standard InChI is InChI=1S/C9H5NO2/c10-5-7-4-9-8(12-6-7)2-1-3-11-9/h1-4,6H. The van der Waals surface area contributed by atoms with Crippen LogP contribution in [0.1, 0.15) is 0 Å². The van der Waals surface area contributed by atoms with Crippen molar-refractivity contribution in [3.05, 3.63) is 47.8 Å². The van der Waals surface area contributed by atoms with E-state index in [0.717, 1.165) is 0 Å². The minimum atomic E-state index is 0.456. The van der Waals surface area contributed by atoms with Gasteiger partial charge in [-0.05, 0) is 12.2 Å². The molecule has 3 heteroatoms. The molecule has 12 heavy (non-hydrogen) atoms. The molecule has 0 aliphatic carbocycles. The summed E-state index contributed by atoms with van der Waals surface area (Å²) in [5.74, 6) is 1.22. The van der Waals surface area contributed by atoms with Crippen molar-refractivity contribution in [1.29, 1.82) is 5.26 Å². The summed E-state index contributed by atoms with van der Waals surface area (Å²) in [5, 5.41) is 8.55. The second-order valence-corrected chi connectivity index (χ2v) is 2.29. The maximum absolute atomic E-state index is 8.55. The van der Waals surface area contributed by atoms with Gasteiger partial charge in [0.25, 0.3) is 0 Å². The van der Waals surface area contributed by atoms with Gasteiger partial charge in [0, 0.05) is 6.08 Å². The lowest BCUT2D eigenvalue weighted by atomic mass is 10.2. The highest BCUT2D eigenvalue weighted by atomic mass is 16.5. The average molecular weight is 159 g/mol. The van der Waals surface area contributed by atoms with Crippen molar-refractivity contribution < 1.29 is 9.47 Å². The monoisotopic (exact) mass is 159 g/mol. The molecule has 0 spiro atoms. The van der Waals surface area contributed by atoms with Gasteiger partial charge in [-0.1, -0.05) is 0 Å². The molecule has 0 saturated carbocycles. The summed E-state index contributed by atoms with van der Waals surface area (Å²) in [6.07, 6.45) is 8.09. The Labute approximate surface area is 69.5 Å². The Hall–Kier alpha value is -1.95. The third kappa shape index (κ3) is 0.995. The van der Waals surface area contributed by atoms with Gasteiger partial charge in [0.15, 0.2) is 11.5 Å². The van der Waals surface area contributed by atoms with Gasteiger partial charge in [-0.15, -0.1) is 0 Å². The molecular formula is C9H5NO2. The Morgan fingerprint density at radius 2 is 2.17 bits per heavy atom. The summed E-state index contributed by atoms with van der Waals surface area (Å²) in [6.45, 7) is 0. The maximum Gasteiger partial charge on any atom is 0.170 e. The van der Waals surface area contributed by atoms with Crippen LogP contribution < -0.4 is 0 Å². The zero-order chi connectivity index (χ0) is 8.39. The summed E-state index contributed by atoms with van der Waals surface area (Å²) in [6, 6.07) is 1.97. The van der Waals surface area contributed by atoms with Crippen LogP contribution in [0.4, 0.5) is 0 Å². The van der Waals surface area contributed by atoms with E-state index in [9.17, 15) is 0 Å². The number of nitrogens with zero attached hydrogens (tertiary/aromatic N) is 1. The van der Waals surface area contributed by atoms with Crippen LogP contribution in [0.25, 0.3) is 0 Å². The van der Waals surface area contributed by atoms with Crippen molar-refractivity contribution in [2.24, 2.45) is 0 Å². The van der Waals surface area contributed by atoms with E-state index in [0.29, 0.717) is 17.1 Å². The van der Waals surface area contributed by atoms with E-state index in [1.54, 1.807) is 24.5 Å². The van der Waals surface area contributed by atoms with Gasteiger partial charge >= 0.3 is 0 Å². The van der Waals surface area contributed by atoms with Crippen molar-refractivity contribution in [1.82, 2.24) is 0 Å². The molecule has 0 unspecified atom stereocenters. The molecule has 2 heterocycles. The molecule has 0 aromatic rings. The molecule has 0 aromatic heterocycles. The van der Waals surface area contributed by atoms with E-state index < -0.39 is 0 Å². The Morgan fingerprint density at radius 3 is 3.00 bits per heavy atom. The molecule has 0 fully saturated rings. The smallest absolute Gasteiger partial charge is 0.170 e. The van der Waals surface area contributed by atoms with Crippen LogP contribution in [0.2, 0.25) is 0 Å². The molecule has 2 rings (SSSR count). The summed E-state index contributed by atoms with van der Waals surface area (Å²) >= 11 is 0. The van der Waals surface area contributed by atoms with Crippen molar-refractivity contribution in [2.75, 3.05) is 0 Å². The van der Waals surface area contributed by atoms with Crippen LogP contribution in [0, 0.1) is 11.3 Å². The van der Waals surface area contributed by atoms with E-state index >= 15 is 0 Å². The molecule has 2 aliphatic rings. The van der Waals surface area contributed by atoms with Gasteiger partial charge in [0.05, 0.1) is 11.8 Å². The van der Waals surface area contributed by atoms with Gasteiger partial charge in [-0.25, -0.2) is 0 Å². The molecule has 0 radical (unpaired) electrons. The Morgan fingerprint density at radius 1 is 1.25 bits per heavy atom. The van der Waals surface area contributed by atoms with E-state index in [4.69, 9.17) is 14.7 Å². The van der Waals surface area contributed by atoms with Crippen molar-refractivity contribution >= 4 is 0 Å². The Bertz CT molecular complexity index is 366. The second kappa shape index (κ2) is 2.59. The molecule has 0 N–H and O–H groups in total. The highest BCUT2D eigenvalue weighted by Crippen LogP contribution is 2.24. The van der Waals surface area contributed by atoms with Gasteiger partial charge in [-0.2, -0.15) is 5.26 Å². The fourth-order valence-corrected chi connectivity index (χ4v) is 0.943. The molecule has 0 bridgehead atoms. The van der Waals surface area contributed by atoms with Gasteiger partial charge in [0.2, 0.25) is 0 Å². The molecule has 58 valence electrons. The minimum Gasteiger partial charge on any atom is -0.461 e. The third-order valence-corrected chi connectivity index (χ3v) is 1.49. The third-order valence-electron chi connectivity index (χ3n) is 1.49. The first kappa shape index (κ1) is 6.74. The summed E-state index contributed by atoms with van der Waals surface area (Å²) < 4.78 is 10.2. The largest absolute Gasteiger partial charge is 0.461 e. The average Bonchev–Trinajstić information content (AvgIpc) is 2.17. The van der Waals surface area contributed by atoms with Crippen LogP contribution in [0.3, 0.4) is 0 Å². The number of fused-ring (bicyclic) bond motifs is 1. The molecular weight excluding hydrogens is 154 g/mol. The summed E-state index contributed by atoms with van der Waals surface area (Å²) in [7, 11) is 0. The zero-order valence-electron chi connectivity index (χ0n) is 6.15. The Balaban J connectivity index is 2.36. The first-order chi connectivity index (χ1) is 5.90. The summed E-state index contributed by atoms with van der Waals surface area (Å²) in [5.41, 5.74) is 0.456. The normalized spacial score (nSPS) is 18.8. The number of nitriles is 1. The number of ether oxygens (including phenoxy) is 2. The summed E-state index contributed by atoms with van der Waals surface area (Å²) in [4.78, 5) is 0. The van der Waals surface area contributed by atoms with Gasteiger partial charge in [-0.3, -0.25) is 0 Å². The quantitative estimate of drug-likeness (QED) is 0.540. The Kier molecular flexibility index (Phi) is 1.45.